The van der Waals surface area contributed by atoms with Crippen molar-refractivity contribution in [3.05, 3.63) is 53.5 Å². The molecular formula is C19H24N4O. The van der Waals surface area contributed by atoms with Crippen LogP contribution in [0.25, 0.3) is 10.9 Å². The van der Waals surface area contributed by atoms with Gasteiger partial charge in [0, 0.05) is 40.9 Å². The Labute approximate surface area is 142 Å². The molecule has 1 amide bonds. The van der Waals surface area contributed by atoms with Gasteiger partial charge in [0.05, 0.1) is 12.2 Å². The van der Waals surface area contributed by atoms with Crippen LogP contribution in [0.3, 0.4) is 0 Å². The van der Waals surface area contributed by atoms with Gasteiger partial charge in [-0.2, -0.15) is 5.10 Å². The molecule has 1 N–H and O–H groups in total. The number of aryl methyl sites for hydroxylation is 2. The number of nitrogens with zero attached hydrogens (tertiary/aromatic N) is 3. The molecule has 0 spiro atoms. The molecule has 0 saturated carbocycles. The zero-order valence-corrected chi connectivity index (χ0v) is 14.7. The minimum atomic E-state index is -0.0383. The molecule has 0 radical (unpaired) electrons. The minimum absolute atomic E-state index is 0.0383. The third kappa shape index (κ3) is 3.07. The Kier molecular flexibility index (Phi) is 4.42. The van der Waals surface area contributed by atoms with E-state index in [0.29, 0.717) is 19.1 Å². The van der Waals surface area contributed by atoms with E-state index in [1.54, 1.807) is 0 Å². The predicted octanol–water partition coefficient (Wildman–Crippen LogP) is 3.47. The van der Waals surface area contributed by atoms with Crippen LogP contribution in [0, 0.1) is 13.8 Å². The largest absolute Gasteiger partial charge is 0.350 e. The van der Waals surface area contributed by atoms with E-state index in [2.05, 4.69) is 34.9 Å². The topological polar surface area (TPSA) is 51.9 Å². The molecule has 0 aliphatic rings. The smallest absolute Gasteiger partial charge is 0.252 e. The van der Waals surface area contributed by atoms with Crippen LogP contribution in [-0.2, 0) is 6.54 Å². The van der Waals surface area contributed by atoms with Gasteiger partial charge in [0.2, 0.25) is 0 Å². The lowest BCUT2D eigenvalue weighted by atomic mass is 10.1. The molecule has 2 aromatic heterocycles. The molecule has 0 bridgehead atoms. The summed E-state index contributed by atoms with van der Waals surface area (Å²) >= 11 is 0. The van der Waals surface area contributed by atoms with Gasteiger partial charge in [-0.1, -0.05) is 6.07 Å². The maximum Gasteiger partial charge on any atom is 0.252 e. The zero-order chi connectivity index (χ0) is 17.3. The van der Waals surface area contributed by atoms with E-state index in [9.17, 15) is 4.79 Å². The average molecular weight is 324 g/mol. The highest BCUT2D eigenvalue weighted by Gasteiger charge is 2.13. The Morgan fingerprint density at radius 1 is 1.25 bits per heavy atom. The number of carbonyl (C=O) groups excluding carboxylic acids is 1. The molecule has 5 nitrogen and oxygen atoms in total. The van der Waals surface area contributed by atoms with Crippen molar-refractivity contribution in [2.24, 2.45) is 0 Å². The Bertz CT molecular complexity index is 873. The third-order valence-corrected chi connectivity index (χ3v) is 4.28. The Morgan fingerprint density at radius 2 is 2.04 bits per heavy atom. The van der Waals surface area contributed by atoms with Crippen LogP contribution in [0.1, 0.15) is 41.6 Å². The summed E-state index contributed by atoms with van der Waals surface area (Å²) in [6.45, 7) is 9.51. The number of carbonyl (C=O) groups is 1. The van der Waals surface area contributed by atoms with E-state index in [0.717, 1.165) is 27.9 Å². The molecule has 0 saturated heterocycles. The van der Waals surface area contributed by atoms with Crippen molar-refractivity contribution < 1.29 is 4.79 Å². The normalized spacial score (nSPS) is 11.4. The molecule has 0 fully saturated rings. The van der Waals surface area contributed by atoms with Crippen molar-refractivity contribution in [2.75, 3.05) is 6.54 Å². The first-order valence-electron chi connectivity index (χ1n) is 8.36. The van der Waals surface area contributed by atoms with Crippen LogP contribution in [0.4, 0.5) is 0 Å². The molecule has 3 aromatic rings. The first kappa shape index (κ1) is 16.3. The Hall–Kier alpha value is -2.56. The summed E-state index contributed by atoms with van der Waals surface area (Å²) in [6, 6.07) is 10.3. The molecule has 1 aromatic carbocycles. The second-order valence-electron chi connectivity index (χ2n) is 6.46. The summed E-state index contributed by atoms with van der Waals surface area (Å²) < 4.78 is 4.10. The highest BCUT2D eigenvalue weighted by atomic mass is 16.1. The molecule has 3 rings (SSSR count). The molecule has 2 heterocycles. The van der Waals surface area contributed by atoms with Crippen LogP contribution in [0.15, 0.2) is 36.5 Å². The fourth-order valence-corrected chi connectivity index (χ4v) is 3.11. The van der Waals surface area contributed by atoms with E-state index in [-0.39, 0.29) is 5.91 Å². The van der Waals surface area contributed by atoms with Crippen LogP contribution in [0.2, 0.25) is 0 Å². The first-order chi connectivity index (χ1) is 11.5. The number of amides is 1. The van der Waals surface area contributed by atoms with Crippen LogP contribution in [0.5, 0.6) is 0 Å². The van der Waals surface area contributed by atoms with Gasteiger partial charge < -0.3 is 9.88 Å². The van der Waals surface area contributed by atoms with Gasteiger partial charge in [-0.15, -0.1) is 0 Å². The van der Waals surface area contributed by atoms with E-state index in [1.807, 2.05) is 49.0 Å². The van der Waals surface area contributed by atoms with E-state index in [4.69, 9.17) is 0 Å². The van der Waals surface area contributed by atoms with Crippen molar-refractivity contribution in [3.8, 4) is 0 Å². The second-order valence-corrected chi connectivity index (χ2v) is 6.46. The molecule has 126 valence electrons. The predicted molar refractivity (Wildman–Crippen MR) is 96.4 cm³/mol. The zero-order valence-electron chi connectivity index (χ0n) is 14.7. The van der Waals surface area contributed by atoms with Gasteiger partial charge in [-0.25, -0.2) is 0 Å². The lowest BCUT2D eigenvalue weighted by molar-refractivity contribution is 0.0953. The van der Waals surface area contributed by atoms with Gasteiger partial charge in [0.1, 0.15) is 0 Å². The summed E-state index contributed by atoms with van der Waals surface area (Å²) in [4.78, 5) is 12.6. The molecule has 0 atom stereocenters. The number of aromatic nitrogens is 3. The van der Waals surface area contributed by atoms with E-state index < -0.39 is 0 Å². The fourth-order valence-electron chi connectivity index (χ4n) is 3.11. The molecular weight excluding hydrogens is 300 g/mol. The number of hydrogen-bond acceptors (Lipinski definition) is 2. The van der Waals surface area contributed by atoms with E-state index in [1.165, 1.54) is 0 Å². The number of rotatable bonds is 5. The summed E-state index contributed by atoms with van der Waals surface area (Å²) in [5.41, 5.74) is 3.92. The number of benzene rings is 1. The van der Waals surface area contributed by atoms with Crippen molar-refractivity contribution >= 4 is 16.8 Å². The molecule has 0 unspecified atom stereocenters. The molecule has 5 heteroatoms. The summed E-state index contributed by atoms with van der Waals surface area (Å²) in [6.07, 6.45) is 2.04. The summed E-state index contributed by atoms with van der Waals surface area (Å²) in [5.74, 6) is -0.0383. The van der Waals surface area contributed by atoms with Crippen LogP contribution < -0.4 is 5.32 Å². The Morgan fingerprint density at radius 3 is 2.71 bits per heavy atom. The standard InChI is InChI=1S/C19H24N4O/c1-13(2)22-10-8-16-17(6-5-7-18(16)22)19(24)20-9-11-23-15(4)12-14(3)21-23/h5-8,10,12-13H,9,11H2,1-4H3,(H,20,24). The quantitative estimate of drug-likeness (QED) is 0.781. The number of fused-ring (bicyclic) bond motifs is 1. The highest BCUT2D eigenvalue weighted by molar-refractivity contribution is 6.06. The monoisotopic (exact) mass is 324 g/mol. The third-order valence-electron chi connectivity index (χ3n) is 4.28. The first-order valence-corrected chi connectivity index (χ1v) is 8.36. The van der Waals surface area contributed by atoms with Gasteiger partial charge in [-0.3, -0.25) is 9.48 Å². The maximum absolute atomic E-state index is 12.6. The maximum atomic E-state index is 12.6. The highest BCUT2D eigenvalue weighted by Crippen LogP contribution is 2.23. The number of hydrogen-bond donors (Lipinski definition) is 1. The van der Waals surface area contributed by atoms with Gasteiger partial charge in [-0.05, 0) is 52.0 Å². The van der Waals surface area contributed by atoms with Gasteiger partial charge >= 0.3 is 0 Å². The van der Waals surface area contributed by atoms with E-state index >= 15 is 0 Å². The van der Waals surface area contributed by atoms with Crippen molar-refractivity contribution in [1.82, 2.24) is 19.7 Å². The van der Waals surface area contributed by atoms with Gasteiger partial charge in [0.15, 0.2) is 0 Å². The second kappa shape index (κ2) is 6.51. The lowest BCUT2D eigenvalue weighted by Gasteiger charge is -2.11. The van der Waals surface area contributed by atoms with Crippen molar-refractivity contribution in [3.63, 3.8) is 0 Å². The van der Waals surface area contributed by atoms with Crippen LogP contribution >= 0.6 is 0 Å². The Balaban J connectivity index is 1.73. The SMILES string of the molecule is Cc1cc(C)n(CCNC(=O)c2cccc3c2ccn3C(C)C)n1. The molecule has 24 heavy (non-hydrogen) atoms. The number of nitrogens with one attached hydrogen (secondary N) is 1. The van der Waals surface area contributed by atoms with Crippen LogP contribution in [-0.4, -0.2) is 26.8 Å². The fraction of sp³-hybridized carbons (Fsp3) is 0.368. The summed E-state index contributed by atoms with van der Waals surface area (Å²) in [5, 5.41) is 8.42. The summed E-state index contributed by atoms with van der Waals surface area (Å²) in [7, 11) is 0. The van der Waals surface area contributed by atoms with Gasteiger partial charge in [0.25, 0.3) is 5.91 Å². The van der Waals surface area contributed by atoms with Crippen molar-refractivity contribution in [1.29, 1.82) is 0 Å². The lowest BCUT2D eigenvalue weighted by Crippen LogP contribution is -2.27. The molecule has 0 aliphatic heterocycles. The van der Waals surface area contributed by atoms with Crippen molar-refractivity contribution in [2.45, 2.75) is 40.3 Å². The minimum Gasteiger partial charge on any atom is -0.350 e. The average Bonchev–Trinajstić information content (AvgIpc) is 3.10. The molecule has 0 aliphatic carbocycles.